The Bertz CT molecular complexity index is 749. The number of guanidine groups is 1. The van der Waals surface area contributed by atoms with Gasteiger partial charge in [-0.2, -0.15) is 0 Å². The Morgan fingerprint density at radius 3 is 2.48 bits per heavy atom. The lowest BCUT2D eigenvalue weighted by Gasteiger charge is -2.37. The van der Waals surface area contributed by atoms with E-state index >= 15 is 0 Å². The van der Waals surface area contributed by atoms with Gasteiger partial charge in [-0.1, -0.05) is 18.2 Å². The first-order valence-electron chi connectivity index (χ1n) is 9.72. The minimum Gasteiger partial charge on any atom is -0.497 e. The van der Waals surface area contributed by atoms with Crippen molar-refractivity contribution in [2.24, 2.45) is 4.99 Å². The highest BCUT2D eigenvalue weighted by atomic mass is 127. The van der Waals surface area contributed by atoms with Gasteiger partial charge in [0.2, 0.25) is 0 Å². The Kier molecular flexibility index (Phi) is 9.46. The van der Waals surface area contributed by atoms with Crippen LogP contribution in [0.4, 0.5) is 5.82 Å². The molecule has 1 fully saturated rings. The molecular weight excluding hydrogens is 481 g/mol. The van der Waals surface area contributed by atoms with Crippen LogP contribution in [0.5, 0.6) is 5.75 Å². The molecule has 1 aromatic carbocycles. The lowest BCUT2D eigenvalue weighted by Crippen LogP contribution is -2.52. The zero-order valence-corrected chi connectivity index (χ0v) is 19.3. The summed E-state index contributed by atoms with van der Waals surface area (Å²) in [5.74, 6) is 2.63. The molecule has 7 nitrogen and oxygen atoms in total. The molecule has 1 saturated heterocycles. The number of halogens is 1. The summed E-state index contributed by atoms with van der Waals surface area (Å²) in [7, 11) is 1.63. The second-order valence-corrected chi connectivity index (χ2v) is 6.65. The van der Waals surface area contributed by atoms with Crippen molar-refractivity contribution >= 4 is 35.8 Å². The van der Waals surface area contributed by atoms with Crippen LogP contribution in [0.25, 0.3) is 0 Å². The van der Waals surface area contributed by atoms with E-state index in [1.54, 1.807) is 7.11 Å². The van der Waals surface area contributed by atoms with Gasteiger partial charge >= 0.3 is 0 Å². The van der Waals surface area contributed by atoms with Crippen LogP contribution >= 0.6 is 24.0 Å². The Morgan fingerprint density at radius 1 is 1.17 bits per heavy atom. The van der Waals surface area contributed by atoms with Crippen LogP contribution in [0.3, 0.4) is 0 Å². The number of aliphatic imine (C=N–C) groups is 1. The average Bonchev–Trinajstić information content (AvgIpc) is 2.77. The number of rotatable bonds is 6. The number of aliphatic hydroxyl groups excluding tert-OH is 1. The molecule has 1 atom stereocenters. The number of hydrogen-bond donors (Lipinski definition) is 2. The molecule has 3 rings (SSSR count). The summed E-state index contributed by atoms with van der Waals surface area (Å²) >= 11 is 0. The third-order valence-corrected chi connectivity index (χ3v) is 4.80. The van der Waals surface area contributed by atoms with Crippen LogP contribution < -0.4 is 15.0 Å². The fraction of sp³-hybridized carbons (Fsp3) is 0.429. The molecule has 2 N–H and O–H groups in total. The first-order valence-corrected chi connectivity index (χ1v) is 9.72. The molecular formula is C21H30IN5O2. The van der Waals surface area contributed by atoms with E-state index in [0.29, 0.717) is 6.54 Å². The Labute approximate surface area is 189 Å². The number of anilines is 1. The van der Waals surface area contributed by atoms with Crippen LogP contribution in [-0.4, -0.2) is 67.3 Å². The predicted molar refractivity (Wildman–Crippen MR) is 127 cm³/mol. The minimum atomic E-state index is -0.644. The average molecular weight is 511 g/mol. The number of aromatic nitrogens is 1. The number of ether oxygens (including phenoxy) is 1. The van der Waals surface area contributed by atoms with E-state index in [9.17, 15) is 5.11 Å². The second-order valence-electron chi connectivity index (χ2n) is 6.65. The van der Waals surface area contributed by atoms with Crippen molar-refractivity contribution in [3.05, 3.63) is 54.2 Å². The molecule has 1 aliphatic heterocycles. The minimum absolute atomic E-state index is 0. The molecule has 0 aliphatic carbocycles. The number of hydrogen-bond acceptors (Lipinski definition) is 5. The third-order valence-electron chi connectivity index (χ3n) is 4.80. The van der Waals surface area contributed by atoms with Gasteiger partial charge in [0.05, 0.1) is 19.8 Å². The molecule has 8 heteroatoms. The molecule has 29 heavy (non-hydrogen) atoms. The van der Waals surface area contributed by atoms with Gasteiger partial charge < -0.3 is 25.0 Å². The Hall–Kier alpha value is -2.07. The molecule has 0 spiro atoms. The number of benzene rings is 1. The summed E-state index contributed by atoms with van der Waals surface area (Å²) in [6.45, 7) is 6.67. The van der Waals surface area contributed by atoms with Gasteiger partial charge in [0.25, 0.3) is 0 Å². The fourth-order valence-corrected chi connectivity index (χ4v) is 3.22. The maximum atomic E-state index is 10.5. The smallest absolute Gasteiger partial charge is 0.194 e. The van der Waals surface area contributed by atoms with Crippen molar-refractivity contribution < 1.29 is 9.84 Å². The number of nitrogens with one attached hydrogen (secondary N) is 1. The largest absolute Gasteiger partial charge is 0.497 e. The van der Waals surface area contributed by atoms with Crippen LogP contribution in [-0.2, 0) is 0 Å². The number of pyridine rings is 1. The van der Waals surface area contributed by atoms with Crippen molar-refractivity contribution in [3.63, 3.8) is 0 Å². The predicted octanol–water partition coefficient (Wildman–Crippen LogP) is 2.53. The van der Waals surface area contributed by atoms with E-state index in [-0.39, 0.29) is 24.0 Å². The highest BCUT2D eigenvalue weighted by molar-refractivity contribution is 14.0. The number of methoxy groups -OCH3 is 1. The van der Waals surface area contributed by atoms with Gasteiger partial charge in [-0.3, -0.25) is 4.99 Å². The second kappa shape index (κ2) is 11.8. The SMILES string of the molecule is CCNC(=NCC(O)c1ccc(OC)cc1)N1CCN(c2ccccn2)CC1.I. The summed E-state index contributed by atoms with van der Waals surface area (Å²) < 4.78 is 5.16. The summed E-state index contributed by atoms with van der Waals surface area (Å²) in [6.07, 6.45) is 1.18. The monoisotopic (exact) mass is 511 g/mol. The Morgan fingerprint density at radius 2 is 1.90 bits per heavy atom. The maximum absolute atomic E-state index is 10.5. The van der Waals surface area contributed by atoms with E-state index in [1.165, 1.54) is 0 Å². The maximum Gasteiger partial charge on any atom is 0.194 e. The van der Waals surface area contributed by atoms with Gasteiger partial charge in [-0.15, -0.1) is 24.0 Å². The lowest BCUT2D eigenvalue weighted by molar-refractivity contribution is 0.186. The molecule has 0 bridgehead atoms. The molecule has 0 amide bonds. The zero-order valence-electron chi connectivity index (χ0n) is 17.0. The van der Waals surface area contributed by atoms with Gasteiger partial charge in [0, 0.05) is 38.9 Å². The lowest BCUT2D eigenvalue weighted by atomic mass is 10.1. The molecule has 158 valence electrons. The van der Waals surface area contributed by atoms with Gasteiger partial charge in [-0.05, 0) is 36.8 Å². The molecule has 1 aromatic heterocycles. The van der Waals surface area contributed by atoms with Crippen molar-refractivity contribution in [3.8, 4) is 5.75 Å². The number of aliphatic hydroxyl groups is 1. The van der Waals surface area contributed by atoms with Crippen molar-refractivity contribution in [1.29, 1.82) is 0 Å². The van der Waals surface area contributed by atoms with Crippen molar-refractivity contribution in [1.82, 2.24) is 15.2 Å². The molecule has 1 aliphatic rings. The first kappa shape index (κ1) is 23.2. The van der Waals surface area contributed by atoms with Gasteiger partial charge in [0.1, 0.15) is 11.6 Å². The van der Waals surface area contributed by atoms with Crippen LogP contribution in [0.15, 0.2) is 53.7 Å². The molecule has 1 unspecified atom stereocenters. The standard InChI is InChI=1S/C21H29N5O2.HI/c1-3-22-21(24-16-19(27)17-7-9-18(28-2)10-8-17)26-14-12-25(13-15-26)20-6-4-5-11-23-20;/h4-11,19,27H,3,12-16H2,1-2H3,(H,22,24);1H. The van der Waals surface area contributed by atoms with Crippen molar-refractivity contribution in [2.45, 2.75) is 13.0 Å². The van der Waals surface area contributed by atoms with E-state index in [1.807, 2.05) is 48.7 Å². The summed E-state index contributed by atoms with van der Waals surface area (Å²) in [5, 5.41) is 13.8. The zero-order chi connectivity index (χ0) is 19.8. The fourth-order valence-electron chi connectivity index (χ4n) is 3.22. The van der Waals surface area contributed by atoms with E-state index in [2.05, 4.69) is 32.0 Å². The van der Waals surface area contributed by atoms with Crippen LogP contribution in [0.1, 0.15) is 18.6 Å². The summed E-state index contributed by atoms with van der Waals surface area (Å²) in [5.41, 5.74) is 0.834. The van der Waals surface area contributed by atoms with E-state index < -0.39 is 6.10 Å². The Balaban J connectivity index is 0.00000300. The molecule has 0 radical (unpaired) electrons. The van der Waals surface area contributed by atoms with E-state index in [0.717, 1.165) is 55.8 Å². The number of nitrogens with zero attached hydrogens (tertiary/aromatic N) is 4. The summed E-state index contributed by atoms with van der Waals surface area (Å²) in [6, 6.07) is 13.4. The highest BCUT2D eigenvalue weighted by Gasteiger charge is 2.20. The van der Waals surface area contributed by atoms with Crippen LogP contribution in [0, 0.1) is 0 Å². The van der Waals surface area contributed by atoms with Crippen molar-refractivity contribution in [2.75, 3.05) is 51.3 Å². The molecule has 2 heterocycles. The highest BCUT2D eigenvalue weighted by Crippen LogP contribution is 2.18. The number of piperazine rings is 1. The third kappa shape index (κ3) is 6.46. The van der Waals surface area contributed by atoms with Crippen LogP contribution in [0.2, 0.25) is 0 Å². The topological polar surface area (TPSA) is 73.2 Å². The quantitative estimate of drug-likeness (QED) is 0.353. The van der Waals surface area contributed by atoms with E-state index in [4.69, 9.17) is 4.74 Å². The molecule has 0 saturated carbocycles. The van der Waals surface area contributed by atoms with Gasteiger partial charge in [0.15, 0.2) is 5.96 Å². The van der Waals surface area contributed by atoms with Gasteiger partial charge in [-0.25, -0.2) is 4.98 Å². The summed E-state index contributed by atoms with van der Waals surface area (Å²) in [4.78, 5) is 13.6. The molecule has 2 aromatic rings. The normalized spacial score (nSPS) is 15.5. The first-order chi connectivity index (χ1) is 13.7.